The topological polar surface area (TPSA) is 46.9 Å². The average molecular weight is 312 g/mol. The van der Waals surface area contributed by atoms with Crippen molar-refractivity contribution in [3.8, 4) is 0 Å². The maximum atomic E-state index is 11.3. The zero-order valence-corrected chi connectivity index (χ0v) is 12.8. The average Bonchev–Trinajstić information content (AvgIpc) is 2.74. The Labute approximate surface area is 127 Å². The van der Waals surface area contributed by atoms with E-state index in [4.69, 9.17) is 23.2 Å². The number of hydrogen-bond acceptors (Lipinski definition) is 2. The lowest BCUT2D eigenvalue weighted by atomic mass is 10.2. The van der Waals surface area contributed by atoms with Crippen molar-refractivity contribution in [2.24, 2.45) is 0 Å². The summed E-state index contributed by atoms with van der Waals surface area (Å²) in [6, 6.07) is 7.32. The van der Waals surface area contributed by atoms with Gasteiger partial charge in [0.1, 0.15) is 0 Å². The molecule has 0 radical (unpaired) electrons. The Morgan fingerprint density at radius 1 is 1.30 bits per heavy atom. The largest absolute Gasteiger partial charge is 0.309 e. The van der Waals surface area contributed by atoms with Crippen molar-refractivity contribution >= 4 is 34.9 Å². The minimum Gasteiger partial charge on any atom is -0.309 e. The molecule has 6 heteroatoms. The molecule has 2 rings (SSSR count). The summed E-state index contributed by atoms with van der Waals surface area (Å²) in [6.07, 6.45) is 0.429. The highest BCUT2D eigenvalue weighted by Crippen LogP contribution is 2.23. The molecule has 1 aromatic carbocycles. The number of nitrogens with zero attached hydrogens (tertiary/aromatic N) is 2. The van der Waals surface area contributed by atoms with Gasteiger partial charge in [-0.05, 0) is 24.6 Å². The fourth-order valence-electron chi connectivity index (χ4n) is 1.77. The van der Waals surface area contributed by atoms with Crippen molar-refractivity contribution < 1.29 is 4.79 Å². The second-order valence-electron chi connectivity index (χ2n) is 4.48. The van der Waals surface area contributed by atoms with Crippen LogP contribution in [0.2, 0.25) is 10.0 Å². The van der Waals surface area contributed by atoms with Gasteiger partial charge in [-0.25, -0.2) is 0 Å². The van der Waals surface area contributed by atoms with Crippen LogP contribution in [-0.4, -0.2) is 15.7 Å². The summed E-state index contributed by atoms with van der Waals surface area (Å²) in [6.45, 7) is 4.31. The summed E-state index contributed by atoms with van der Waals surface area (Å²) in [5.74, 6) is 0.513. The second kappa shape index (κ2) is 6.29. The van der Waals surface area contributed by atoms with Crippen LogP contribution in [-0.2, 0) is 11.3 Å². The number of aryl methyl sites for hydroxylation is 1. The predicted molar refractivity (Wildman–Crippen MR) is 81.4 cm³/mol. The van der Waals surface area contributed by atoms with E-state index < -0.39 is 0 Å². The molecule has 20 heavy (non-hydrogen) atoms. The molecule has 1 amide bonds. The predicted octanol–water partition coefficient (Wildman–Crippen LogP) is 3.90. The summed E-state index contributed by atoms with van der Waals surface area (Å²) in [7, 11) is 0. The van der Waals surface area contributed by atoms with Crippen molar-refractivity contribution in [3.05, 3.63) is 45.6 Å². The molecule has 0 bridgehead atoms. The Kier molecular flexibility index (Phi) is 4.68. The first-order valence-electron chi connectivity index (χ1n) is 6.28. The van der Waals surface area contributed by atoms with E-state index in [0.717, 1.165) is 11.3 Å². The van der Waals surface area contributed by atoms with Crippen molar-refractivity contribution in [2.75, 3.05) is 5.32 Å². The number of carbonyl (C=O) groups is 1. The number of halogens is 2. The van der Waals surface area contributed by atoms with Crippen molar-refractivity contribution in [1.82, 2.24) is 9.78 Å². The Morgan fingerprint density at radius 3 is 2.70 bits per heavy atom. The van der Waals surface area contributed by atoms with Crippen molar-refractivity contribution in [1.29, 1.82) is 0 Å². The summed E-state index contributed by atoms with van der Waals surface area (Å²) >= 11 is 11.9. The maximum Gasteiger partial charge on any atom is 0.225 e. The molecule has 0 atom stereocenters. The van der Waals surface area contributed by atoms with Crippen molar-refractivity contribution in [3.63, 3.8) is 0 Å². The number of nitrogens with one attached hydrogen (secondary N) is 1. The lowest BCUT2D eigenvalue weighted by Crippen LogP contribution is -2.10. The lowest BCUT2D eigenvalue weighted by Gasteiger charge is -2.06. The molecule has 4 nitrogen and oxygen atoms in total. The normalized spacial score (nSPS) is 10.6. The molecule has 0 spiro atoms. The summed E-state index contributed by atoms with van der Waals surface area (Å²) in [5, 5.41) is 8.15. The SMILES string of the molecule is CCC(=O)Nc1cc(C)n(Cc2ccc(Cl)c(Cl)c2)n1. The monoisotopic (exact) mass is 311 g/mol. The van der Waals surface area contributed by atoms with Crippen LogP contribution in [0.4, 0.5) is 5.82 Å². The zero-order chi connectivity index (χ0) is 14.7. The molecule has 0 saturated carbocycles. The number of benzene rings is 1. The minimum atomic E-state index is -0.0517. The minimum absolute atomic E-state index is 0.0517. The van der Waals surface area contributed by atoms with E-state index in [9.17, 15) is 4.79 Å². The molecule has 1 aromatic heterocycles. The third kappa shape index (κ3) is 3.52. The number of amides is 1. The molecular formula is C14H15Cl2N3O. The Hall–Kier alpha value is -1.52. The number of aromatic nitrogens is 2. The lowest BCUT2D eigenvalue weighted by molar-refractivity contribution is -0.115. The molecule has 0 saturated heterocycles. The van der Waals surface area contributed by atoms with Gasteiger partial charge in [0.05, 0.1) is 16.6 Å². The summed E-state index contributed by atoms with van der Waals surface area (Å²) in [4.78, 5) is 11.3. The van der Waals surface area contributed by atoms with E-state index in [1.807, 2.05) is 29.8 Å². The molecule has 106 valence electrons. The van der Waals surface area contributed by atoms with Gasteiger partial charge in [0.25, 0.3) is 0 Å². The van der Waals surface area contributed by atoms with Crippen LogP contribution < -0.4 is 5.32 Å². The Morgan fingerprint density at radius 2 is 2.05 bits per heavy atom. The van der Waals surface area contributed by atoms with E-state index >= 15 is 0 Å². The Balaban J connectivity index is 2.16. The smallest absolute Gasteiger partial charge is 0.225 e. The van der Waals surface area contributed by atoms with Gasteiger partial charge in [-0.2, -0.15) is 5.10 Å². The fourth-order valence-corrected chi connectivity index (χ4v) is 2.09. The van der Waals surface area contributed by atoms with Crippen LogP contribution in [0, 0.1) is 6.92 Å². The van der Waals surface area contributed by atoms with Crippen LogP contribution in [0.5, 0.6) is 0 Å². The number of anilines is 1. The van der Waals surface area contributed by atoms with Gasteiger partial charge in [-0.3, -0.25) is 9.48 Å². The van der Waals surface area contributed by atoms with Gasteiger partial charge < -0.3 is 5.32 Å². The number of hydrogen-bond donors (Lipinski definition) is 1. The first-order chi connectivity index (χ1) is 9.49. The highest BCUT2D eigenvalue weighted by atomic mass is 35.5. The molecule has 1 heterocycles. The quantitative estimate of drug-likeness (QED) is 0.931. The van der Waals surface area contributed by atoms with Gasteiger partial charge in [0.2, 0.25) is 5.91 Å². The van der Waals surface area contributed by atoms with E-state index in [1.54, 1.807) is 13.0 Å². The number of carbonyl (C=O) groups excluding carboxylic acids is 1. The Bertz CT molecular complexity index is 637. The zero-order valence-electron chi connectivity index (χ0n) is 11.3. The van der Waals surface area contributed by atoms with Crippen LogP contribution in [0.25, 0.3) is 0 Å². The number of rotatable bonds is 4. The standard InChI is InChI=1S/C14H15Cl2N3O/c1-3-14(20)17-13-6-9(2)19(18-13)8-10-4-5-11(15)12(16)7-10/h4-7H,3,8H2,1-2H3,(H,17,18,20). The molecule has 0 aliphatic rings. The van der Waals surface area contributed by atoms with E-state index in [2.05, 4.69) is 10.4 Å². The van der Waals surface area contributed by atoms with Gasteiger partial charge in [-0.15, -0.1) is 0 Å². The highest BCUT2D eigenvalue weighted by molar-refractivity contribution is 6.42. The maximum absolute atomic E-state index is 11.3. The third-order valence-corrected chi connectivity index (χ3v) is 3.63. The van der Waals surface area contributed by atoms with Crippen LogP contribution in [0.3, 0.4) is 0 Å². The first-order valence-corrected chi connectivity index (χ1v) is 7.03. The van der Waals surface area contributed by atoms with E-state index in [1.165, 1.54) is 0 Å². The molecular weight excluding hydrogens is 297 g/mol. The highest BCUT2D eigenvalue weighted by Gasteiger charge is 2.08. The van der Waals surface area contributed by atoms with E-state index in [0.29, 0.717) is 28.8 Å². The van der Waals surface area contributed by atoms with E-state index in [-0.39, 0.29) is 5.91 Å². The van der Waals surface area contributed by atoms with Gasteiger partial charge in [0, 0.05) is 18.2 Å². The molecule has 0 fully saturated rings. The first kappa shape index (κ1) is 14.9. The second-order valence-corrected chi connectivity index (χ2v) is 5.29. The van der Waals surface area contributed by atoms with Crippen LogP contribution in [0.15, 0.2) is 24.3 Å². The van der Waals surface area contributed by atoms with Crippen LogP contribution >= 0.6 is 23.2 Å². The molecule has 0 unspecified atom stereocenters. The molecule has 1 N–H and O–H groups in total. The van der Waals surface area contributed by atoms with Gasteiger partial charge in [0.15, 0.2) is 5.82 Å². The third-order valence-electron chi connectivity index (χ3n) is 2.89. The fraction of sp³-hybridized carbons (Fsp3) is 0.286. The van der Waals surface area contributed by atoms with Gasteiger partial charge >= 0.3 is 0 Å². The van der Waals surface area contributed by atoms with Crippen LogP contribution in [0.1, 0.15) is 24.6 Å². The summed E-state index contributed by atoms with van der Waals surface area (Å²) < 4.78 is 1.81. The summed E-state index contributed by atoms with van der Waals surface area (Å²) in [5.41, 5.74) is 1.96. The molecule has 0 aliphatic carbocycles. The molecule has 0 aliphatic heterocycles. The van der Waals surface area contributed by atoms with Gasteiger partial charge in [-0.1, -0.05) is 36.2 Å². The van der Waals surface area contributed by atoms with Crippen molar-refractivity contribution in [2.45, 2.75) is 26.8 Å². The molecule has 2 aromatic rings.